The van der Waals surface area contributed by atoms with Crippen molar-refractivity contribution in [2.45, 2.75) is 18.7 Å². The number of nitrogen functional groups attached to an aromatic ring is 1. The molecule has 0 aromatic heterocycles. The molecule has 1 rings (SSSR count). The largest absolute Gasteiger partial charge is 0.399 e. The molecule has 0 saturated heterocycles. The van der Waals surface area contributed by atoms with Crippen molar-refractivity contribution in [1.82, 2.24) is 4.90 Å². The summed E-state index contributed by atoms with van der Waals surface area (Å²) in [4.78, 5) is 14.6. The van der Waals surface area contributed by atoms with E-state index in [1.165, 1.54) is 0 Å². The fourth-order valence-corrected chi connectivity index (χ4v) is 2.38. The minimum atomic E-state index is 0.0243. The summed E-state index contributed by atoms with van der Waals surface area (Å²) in [5, 5.41) is 0. The number of thioether (sulfide) groups is 1. The molecule has 0 spiro atoms. The SMILES string of the molecule is CC(C)CSc1cc(N)ccc1C(=O)N(C)C. The Hall–Kier alpha value is -1.16. The summed E-state index contributed by atoms with van der Waals surface area (Å²) in [5.74, 6) is 1.59. The first-order valence-corrected chi connectivity index (χ1v) is 6.64. The molecule has 3 nitrogen and oxygen atoms in total. The molecule has 0 atom stereocenters. The summed E-state index contributed by atoms with van der Waals surface area (Å²) in [6.45, 7) is 4.32. The molecule has 0 aliphatic heterocycles. The fraction of sp³-hybridized carbons (Fsp3) is 0.462. The lowest BCUT2D eigenvalue weighted by molar-refractivity contribution is 0.0824. The highest BCUT2D eigenvalue weighted by atomic mass is 32.2. The highest BCUT2D eigenvalue weighted by Gasteiger charge is 2.14. The molecule has 0 aliphatic rings. The predicted molar refractivity (Wildman–Crippen MR) is 74.4 cm³/mol. The molecule has 1 amide bonds. The van der Waals surface area contributed by atoms with E-state index in [4.69, 9.17) is 5.73 Å². The van der Waals surface area contributed by atoms with Crippen LogP contribution >= 0.6 is 11.8 Å². The number of rotatable bonds is 4. The summed E-state index contributed by atoms with van der Waals surface area (Å²) in [6.07, 6.45) is 0. The molecule has 0 aliphatic carbocycles. The standard InChI is InChI=1S/C13H20N2OS/c1-9(2)8-17-12-7-10(14)5-6-11(12)13(16)15(3)4/h5-7,9H,8,14H2,1-4H3. The maximum atomic E-state index is 12.0. The molecule has 94 valence electrons. The first-order chi connectivity index (χ1) is 7.91. The van der Waals surface area contributed by atoms with Gasteiger partial charge in [0, 0.05) is 30.4 Å². The van der Waals surface area contributed by atoms with Crippen LogP contribution in [0.25, 0.3) is 0 Å². The summed E-state index contributed by atoms with van der Waals surface area (Å²) < 4.78 is 0. The van der Waals surface area contributed by atoms with Gasteiger partial charge in [-0.25, -0.2) is 0 Å². The van der Waals surface area contributed by atoms with Gasteiger partial charge in [0.1, 0.15) is 0 Å². The third kappa shape index (κ3) is 3.97. The van der Waals surface area contributed by atoms with Crippen LogP contribution in [0.5, 0.6) is 0 Å². The number of nitrogens with two attached hydrogens (primary N) is 1. The molecule has 17 heavy (non-hydrogen) atoms. The zero-order valence-corrected chi connectivity index (χ0v) is 11.7. The van der Waals surface area contributed by atoms with Crippen molar-refractivity contribution in [3.8, 4) is 0 Å². The Kier molecular flexibility index (Phi) is 4.87. The molecule has 0 bridgehead atoms. The molecule has 1 aromatic carbocycles. The van der Waals surface area contributed by atoms with Crippen LogP contribution in [0.15, 0.2) is 23.1 Å². The molecule has 0 radical (unpaired) electrons. The van der Waals surface area contributed by atoms with E-state index >= 15 is 0 Å². The molecular weight excluding hydrogens is 232 g/mol. The van der Waals surface area contributed by atoms with Crippen LogP contribution in [0.4, 0.5) is 5.69 Å². The summed E-state index contributed by atoms with van der Waals surface area (Å²) in [7, 11) is 3.52. The average molecular weight is 252 g/mol. The number of amides is 1. The zero-order chi connectivity index (χ0) is 13.0. The second-order valence-electron chi connectivity index (χ2n) is 4.66. The molecule has 2 N–H and O–H groups in total. The lowest BCUT2D eigenvalue weighted by atomic mass is 10.2. The Labute approximate surface area is 107 Å². The Balaban J connectivity index is 2.99. The van der Waals surface area contributed by atoms with Crippen LogP contribution < -0.4 is 5.73 Å². The van der Waals surface area contributed by atoms with Crippen LogP contribution in [0.2, 0.25) is 0 Å². The van der Waals surface area contributed by atoms with Crippen LogP contribution in [-0.4, -0.2) is 30.7 Å². The lowest BCUT2D eigenvalue weighted by Crippen LogP contribution is -2.22. The van der Waals surface area contributed by atoms with Crippen molar-refractivity contribution in [1.29, 1.82) is 0 Å². The van der Waals surface area contributed by atoms with Gasteiger partial charge in [0.2, 0.25) is 0 Å². The van der Waals surface area contributed by atoms with Crippen LogP contribution in [-0.2, 0) is 0 Å². The molecule has 0 saturated carbocycles. The normalized spacial score (nSPS) is 10.6. The van der Waals surface area contributed by atoms with Gasteiger partial charge >= 0.3 is 0 Å². The van der Waals surface area contributed by atoms with E-state index in [9.17, 15) is 4.79 Å². The van der Waals surface area contributed by atoms with Crippen molar-refractivity contribution in [3.63, 3.8) is 0 Å². The quantitative estimate of drug-likeness (QED) is 0.662. The Morgan fingerprint density at radius 3 is 2.59 bits per heavy atom. The van der Waals surface area contributed by atoms with E-state index in [1.807, 2.05) is 6.07 Å². The van der Waals surface area contributed by atoms with Gasteiger partial charge in [0.15, 0.2) is 0 Å². The first-order valence-electron chi connectivity index (χ1n) is 5.65. The third-order valence-corrected chi connectivity index (χ3v) is 3.70. The molecule has 0 unspecified atom stereocenters. The smallest absolute Gasteiger partial charge is 0.254 e. The number of benzene rings is 1. The Bertz CT molecular complexity index is 402. The van der Waals surface area contributed by atoms with Gasteiger partial charge in [0.05, 0.1) is 5.56 Å². The Morgan fingerprint density at radius 1 is 1.41 bits per heavy atom. The first kappa shape index (κ1) is 13.9. The average Bonchev–Trinajstić information content (AvgIpc) is 2.25. The van der Waals surface area contributed by atoms with Gasteiger partial charge in [-0.1, -0.05) is 13.8 Å². The number of carbonyl (C=O) groups excluding carboxylic acids is 1. The van der Waals surface area contributed by atoms with Crippen LogP contribution in [0.3, 0.4) is 0 Å². The van der Waals surface area contributed by atoms with E-state index in [2.05, 4.69) is 13.8 Å². The molecule has 4 heteroatoms. The number of hydrogen-bond donors (Lipinski definition) is 1. The minimum absolute atomic E-state index is 0.0243. The molecule has 0 heterocycles. The maximum absolute atomic E-state index is 12.0. The number of anilines is 1. The molecule has 0 fully saturated rings. The van der Waals surface area contributed by atoms with Gasteiger partial charge in [-0.15, -0.1) is 11.8 Å². The number of nitrogens with zero attached hydrogens (tertiary/aromatic N) is 1. The van der Waals surface area contributed by atoms with Crippen LogP contribution in [0.1, 0.15) is 24.2 Å². The third-order valence-electron chi connectivity index (χ3n) is 2.21. The zero-order valence-electron chi connectivity index (χ0n) is 10.9. The van der Waals surface area contributed by atoms with E-state index in [1.54, 1.807) is 42.9 Å². The van der Waals surface area contributed by atoms with Crippen molar-refractivity contribution in [2.24, 2.45) is 5.92 Å². The van der Waals surface area contributed by atoms with Crippen molar-refractivity contribution in [2.75, 3.05) is 25.6 Å². The summed E-state index contributed by atoms with van der Waals surface area (Å²) in [6, 6.07) is 5.46. The van der Waals surface area contributed by atoms with Crippen molar-refractivity contribution in [3.05, 3.63) is 23.8 Å². The molecule has 1 aromatic rings. The van der Waals surface area contributed by atoms with E-state index in [-0.39, 0.29) is 5.91 Å². The van der Waals surface area contributed by atoms with Gasteiger partial charge in [-0.2, -0.15) is 0 Å². The highest BCUT2D eigenvalue weighted by molar-refractivity contribution is 7.99. The monoisotopic (exact) mass is 252 g/mol. The topological polar surface area (TPSA) is 46.3 Å². The predicted octanol–water partition coefficient (Wildman–Crippen LogP) is 2.72. The van der Waals surface area contributed by atoms with Crippen LogP contribution in [0, 0.1) is 5.92 Å². The van der Waals surface area contributed by atoms with Gasteiger partial charge < -0.3 is 10.6 Å². The maximum Gasteiger partial charge on any atom is 0.254 e. The van der Waals surface area contributed by atoms with Gasteiger partial charge in [0.25, 0.3) is 5.91 Å². The second kappa shape index (κ2) is 5.96. The van der Waals surface area contributed by atoms with Gasteiger partial charge in [-0.05, 0) is 24.1 Å². The minimum Gasteiger partial charge on any atom is -0.399 e. The summed E-state index contributed by atoms with van der Waals surface area (Å²) >= 11 is 1.69. The Morgan fingerprint density at radius 2 is 2.06 bits per heavy atom. The number of carbonyl (C=O) groups is 1. The highest BCUT2D eigenvalue weighted by Crippen LogP contribution is 2.27. The second-order valence-corrected chi connectivity index (χ2v) is 5.72. The van der Waals surface area contributed by atoms with Gasteiger partial charge in [-0.3, -0.25) is 4.79 Å². The van der Waals surface area contributed by atoms with Crippen molar-refractivity contribution < 1.29 is 4.79 Å². The fourth-order valence-electron chi connectivity index (χ4n) is 1.33. The van der Waals surface area contributed by atoms with E-state index in [0.717, 1.165) is 16.2 Å². The van der Waals surface area contributed by atoms with E-state index < -0.39 is 0 Å². The van der Waals surface area contributed by atoms with E-state index in [0.29, 0.717) is 11.6 Å². The van der Waals surface area contributed by atoms with Crippen molar-refractivity contribution >= 4 is 23.4 Å². The number of hydrogen-bond acceptors (Lipinski definition) is 3. The molecular formula is C13H20N2OS. The lowest BCUT2D eigenvalue weighted by Gasteiger charge is -2.15. The summed E-state index contributed by atoms with van der Waals surface area (Å²) in [5.41, 5.74) is 7.20.